The van der Waals surface area contributed by atoms with Gasteiger partial charge in [-0.05, 0) is 39.3 Å². The van der Waals surface area contributed by atoms with Gasteiger partial charge in [0.15, 0.2) is 8.32 Å². The summed E-state index contributed by atoms with van der Waals surface area (Å²) in [6.45, 7) is 23.9. The lowest BCUT2D eigenvalue weighted by Gasteiger charge is -2.40. The van der Waals surface area contributed by atoms with E-state index in [-0.39, 0.29) is 0 Å². The molecule has 0 N–H and O–H groups in total. The van der Waals surface area contributed by atoms with Crippen LogP contribution in [0.3, 0.4) is 0 Å². The van der Waals surface area contributed by atoms with Gasteiger partial charge in [-0.25, -0.2) is 0 Å². The van der Waals surface area contributed by atoms with Crippen LogP contribution in [0.2, 0.25) is 39.3 Å². The zero-order chi connectivity index (χ0) is 16.9. The molecular weight excluding hydrogens is 332 g/mol. The van der Waals surface area contributed by atoms with Crippen molar-refractivity contribution in [2.24, 2.45) is 0 Å². The van der Waals surface area contributed by atoms with Crippen LogP contribution in [0.4, 0.5) is 0 Å². The second-order valence-corrected chi connectivity index (χ2v) is 20.7. The molecule has 3 unspecified atom stereocenters. The number of hydrogen-bond acceptors (Lipinski definition) is 4. The molecule has 0 aromatic heterocycles. The minimum atomic E-state index is -2.64. The van der Waals surface area contributed by atoms with Gasteiger partial charge >= 0.3 is 25.7 Å². The molecule has 0 aromatic carbocycles. The van der Waals surface area contributed by atoms with E-state index in [1.807, 2.05) is 25.3 Å². The lowest BCUT2D eigenvalue weighted by Crippen LogP contribution is -2.58. The standard InChI is InChI=1S/C13H30O4Si4/c1-11-19(8,14-4)16-21(10,13-3)17-20(9,12-2)15-18(5,6)7/h11-13H,1-3H2,4-10H3. The van der Waals surface area contributed by atoms with Gasteiger partial charge in [-0.1, -0.05) is 17.1 Å². The van der Waals surface area contributed by atoms with Crippen molar-refractivity contribution in [1.82, 2.24) is 0 Å². The Kier molecular flexibility index (Phi) is 7.44. The fraction of sp³-hybridized carbons (Fsp3) is 0.538. The zero-order valence-corrected chi connectivity index (χ0v) is 18.5. The van der Waals surface area contributed by atoms with E-state index in [2.05, 4.69) is 39.4 Å². The first-order valence-electron chi connectivity index (χ1n) is 6.93. The predicted octanol–water partition coefficient (Wildman–Crippen LogP) is 3.91. The Balaban J connectivity index is 5.30. The summed E-state index contributed by atoms with van der Waals surface area (Å²) in [6.07, 6.45) is 0. The van der Waals surface area contributed by atoms with E-state index in [0.717, 1.165) is 0 Å². The van der Waals surface area contributed by atoms with Crippen molar-refractivity contribution in [3.63, 3.8) is 0 Å². The van der Waals surface area contributed by atoms with Gasteiger partial charge in [-0.15, -0.1) is 19.7 Å². The van der Waals surface area contributed by atoms with Crippen molar-refractivity contribution >= 4 is 34.0 Å². The molecule has 0 radical (unpaired) electrons. The molecule has 0 fully saturated rings. The molecule has 3 atom stereocenters. The van der Waals surface area contributed by atoms with Crippen molar-refractivity contribution in [2.75, 3.05) is 7.11 Å². The van der Waals surface area contributed by atoms with Crippen LogP contribution >= 0.6 is 0 Å². The Bertz CT molecular complexity index is 398. The highest BCUT2D eigenvalue weighted by Crippen LogP contribution is 2.25. The molecule has 0 bridgehead atoms. The summed E-state index contributed by atoms with van der Waals surface area (Å²) in [5.74, 6) is 0. The fourth-order valence-corrected chi connectivity index (χ4v) is 16.3. The largest absolute Gasteiger partial charge is 0.434 e. The average Bonchev–Trinajstić information content (AvgIpc) is 2.36. The summed E-state index contributed by atoms with van der Waals surface area (Å²) in [7, 11) is -7.72. The molecule has 0 amide bonds. The summed E-state index contributed by atoms with van der Waals surface area (Å²) in [5, 5.41) is 0. The second-order valence-electron chi connectivity index (χ2n) is 6.28. The van der Waals surface area contributed by atoms with Gasteiger partial charge in [-0.2, -0.15) is 0 Å². The third-order valence-corrected chi connectivity index (χ3v) is 16.4. The molecule has 0 aromatic rings. The third kappa shape index (κ3) is 7.15. The summed E-state index contributed by atoms with van der Waals surface area (Å²) in [5.41, 5.74) is 5.32. The van der Waals surface area contributed by atoms with Crippen LogP contribution in [0.25, 0.3) is 0 Å². The highest BCUT2D eigenvalue weighted by molar-refractivity contribution is 6.93. The monoisotopic (exact) mass is 362 g/mol. The van der Waals surface area contributed by atoms with Crippen LogP contribution in [0.5, 0.6) is 0 Å². The van der Waals surface area contributed by atoms with Crippen LogP contribution < -0.4 is 0 Å². The molecule has 21 heavy (non-hydrogen) atoms. The van der Waals surface area contributed by atoms with Crippen LogP contribution in [0.1, 0.15) is 0 Å². The first kappa shape index (κ1) is 20.9. The minimum Gasteiger partial charge on any atom is -0.434 e. The van der Waals surface area contributed by atoms with Gasteiger partial charge < -0.3 is 16.8 Å². The first-order chi connectivity index (χ1) is 9.36. The van der Waals surface area contributed by atoms with Gasteiger partial charge in [0.25, 0.3) is 0 Å². The number of rotatable bonds is 10. The Morgan fingerprint density at radius 1 is 0.619 bits per heavy atom. The van der Waals surface area contributed by atoms with Gasteiger partial charge in [0.1, 0.15) is 0 Å². The summed E-state index contributed by atoms with van der Waals surface area (Å²) >= 11 is 0. The molecule has 8 heteroatoms. The minimum absolute atomic E-state index is 1.63. The number of hydrogen-bond donors (Lipinski definition) is 0. The molecule has 0 aliphatic rings. The van der Waals surface area contributed by atoms with E-state index in [0.29, 0.717) is 0 Å². The van der Waals surface area contributed by atoms with Crippen molar-refractivity contribution in [3.8, 4) is 0 Å². The SMILES string of the molecule is C=C[Si](C)(OC)O[Si](C)(C=C)O[Si](C)(C=C)O[Si](C)(C)C. The van der Waals surface area contributed by atoms with Crippen LogP contribution in [0, 0.1) is 0 Å². The first-order valence-corrected chi connectivity index (χ1v) is 17.5. The van der Waals surface area contributed by atoms with Gasteiger partial charge in [0.05, 0.1) is 0 Å². The van der Waals surface area contributed by atoms with E-state index >= 15 is 0 Å². The van der Waals surface area contributed by atoms with E-state index in [1.54, 1.807) is 18.5 Å². The maximum atomic E-state index is 6.34. The molecule has 0 heterocycles. The molecular formula is C13H30O4Si4. The fourth-order valence-electron chi connectivity index (χ4n) is 1.79. The summed E-state index contributed by atoms with van der Waals surface area (Å²) in [6, 6.07) is 0. The lowest BCUT2D eigenvalue weighted by atomic mass is 11.3. The lowest BCUT2D eigenvalue weighted by molar-refractivity contribution is 0.275. The second kappa shape index (κ2) is 7.46. The van der Waals surface area contributed by atoms with Crippen LogP contribution in [0.15, 0.2) is 36.8 Å². The van der Waals surface area contributed by atoms with Gasteiger partial charge in [0.2, 0.25) is 0 Å². The third-order valence-electron chi connectivity index (χ3n) is 2.84. The predicted molar refractivity (Wildman–Crippen MR) is 99.1 cm³/mol. The van der Waals surface area contributed by atoms with Crippen molar-refractivity contribution < 1.29 is 16.8 Å². The van der Waals surface area contributed by atoms with Crippen molar-refractivity contribution in [3.05, 3.63) is 36.8 Å². The molecule has 0 spiro atoms. The highest BCUT2D eigenvalue weighted by Gasteiger charge is 2.46. The van der Waals surface area contributed by atoms with E-state index in [1.165, 1.54) is 0 Å². The zero-order valence-electron chi connectivity index (χ0n) is 14.5. The van der Waals surface area contributed by atoms with Gasteiger partial charge in [0, 0.05) is 7.11 Å². The summed E-state index contributed by atoms with van der Waals surface area (Å²) < 4.78 is 24.3. The Hall–Kier alpha value is -0.0725. The van der Waals surface area contributed by atoms with Crippen molar-refractivity contribution in [2.45, 2.75) is 39.3 Å². The van der Waals surface area contributed by atoms with Crippen molar-refractivity contribution in [1.29, 1.82) is 0 Å². The highest BCUT2D eigenvalue weighted by atomic mass is 28.5. The molecule has 0 rings (SSSR count). The van der Waals surface area contributed by atoms with Crippen LogP contribution in [-0.2, 0) is 16.8 Å². The Morgan fingerprint density at radius 2 is 0.952 bits per heavy atom. The quantitative estimate of drug-likeness (QED) is 0.552. The van der Waals surface area contributed by atoms with E-state index in [4.69, 9.17) is 16.8 Å². The van der Waals surface area contributed by atoms with E-state index < -0.39 is 34.0 Å². The molecule has 0 aliphatic carbocycles. The Morgan fingerprint density at radius 3 is 1.24 bits per heavy atom. The molecule has 0 saturated carbocycles. The Labute approximate surface area is 134 Å². The molecule has 0 aliphatic heterocycles. The maximum Gasteiger partial charge on any atom is 0.352 e. The molecule has 0 saturated heterocycles. The summed E-state index contributed by atoms with van der Waals surface area (Å²) in [4.78, 5) is 0. The van der Waals surface area contributed by atoms with Gasteiger partial charge in [-0.3, -0.25) is 0 Å². The van der Waals surface area contributed by atoms with Crippen LogP contribution in [-0.4, -0.2) is 41.1 Å². The maximum absolute atomic E-state index is 6.34. The molecule has 4 nitrogen and oxygen atoms in total. The smallest absolute Gasteiger partial charge is 0.352 e. The van der Waals surface area contributed by atoms with E-state index in [9.17, 15) is 0 Å². The molecule has 122 valence electrons. The topological polar surface area (TPSA) is 36.9 Å². The normalized spacial score (nSPS) is 20.7. The average molecular weight is 363 g/mol.